The minimum absolute atomic E-state index is 0. The molecule has 0 spiro atoms. The molecule has 0 aromatic heterocycles. The van der Waals surface area contributed by atoms with Gasteiger partial charge in [0.25, 0.3) is 10.1 Å². The molecule has 0 atom stereocenters. The molecule has 0 radical (unpaired) electrons. The van der Waals surface area contributed by atoms with Gasteiger partial charge in [0.05, 0.1) is 13.2 Å². The zero-order chi connectivity index (χ0) is 15.0. The van der Waals surface area contributed by atoms with Crippen LogP contribution in [0.3, 0.4) is 0 Å². The fourth-order valence-corrected chi connectivity index (χ4v) is 3.86. The number of methoxy groups -OCH3 is 1. The lowest BCUT2D eigenvalue weighted by Gasteiger charge is -2.08. The van der Waals surface area contributed by atoms with Crippen LogP contribution in [-0.2, 0) is 20.2 Å². The lowest BCUT2D eigenvalue weighted by atomic mass is 10.3. The maximum absolute atomic E-state index is 11.2. The largest absolute Gasteiger partial charge is 1.00 e. The van der Waals surface area contributed by atoms with Crippen molar-refractivity contribution in [3.8, 4) is 5.75 Å². The molecule has 9 nitrogen and oxygen atoms in total. The van der Waals surface area contributed by atoms with E-state index < -0.39 is 40.7 Å². The lowest BCUT2D eigenvalue weighted by Crippen LogP contribution is -3.00. The Labute approximate surface area is 125 Å². The molecule has 0 fully saturated rings. The standard InChI is InChI=1S/C7H5ClN2O7S2.ClH/c1-17-4-2-3(10-9)6(18(11,12)13)7(5(4)8)19(14,15)16;/h2H,1H3,(H-,11,12,13,14,15,16);1H. The first-order valence-corrected chi connectivity index (χ1v) is 7.50. The van der Waals surface area contributed by atoms with Crippen LogP contribution in [0.25, 0.3) is 4.98 Å². The van der Waals surface area contributed by atoms with Gasteiger partial charge in [-0.25, -0.2) is 0 Å². The summed E-state index contributed by atoms with van der Waals surface area (Å²) in [5, 5.41) is 7.87. The average Bonchev–Trinajstić information content (AvgIpc) is 2.25. The molecule has 112 valence electrons. The zero-order valence-corrected chi connectivity index (χ0v) is 12.6. The van der Waals surface area contributed by atoms with Crippen LogP contribution in [0.1, 0.15) is 0 Å². The van der Waals surface area contributed by atoms with Crippen LogP contribution < -0.4 is 17.1 Å². The van der Waals surface area contributed by atoms with Crippen LogP contribution in [-0.4, -0.2) is 33.1 Å². The normalized spacial score (nSPS) is 11.3. The van der Waals surface area contributed by atoms with Gasteiger partial charge in [-0.1, -0.05) is 11.6 Å². The van der Waals surface area contributed by atoms with Crippen molar-refractivity contribution in [3.63, 3.8) is 0 Å². The number of ether oxygens (including phenoxy) is 1. The predicted octanol–water partition coefficient (Wildman–Crippen LogP) is -1.67. The fourth-order valence-electron chi connectivity index (χ4n) is 1.28. The summed E-state index contributed by atoms with van der Waals surface area (Å²) >= 11 is 5.57. The van der Waals surface area contributed by atoms with Crippen LogP contribution in [0, 0.1) is 5.39 Å². The third kappa shape index (κ3) is 3.48. The van der Waals surface area contributed by atoms with Gasteiger partial charge in [-0.15, -0.1) is 0 Å². The van der Waals surface area contributed by atoms with Gasteiger partial charge in [0, 0.05) is 0 Å². The second-order valence-corrected chi connectivity index (χ2v) is 6.22. The van der Waals surface area contributed by atoms with Crippen molar-refractivity contribution >= 4 is 37.5 Å². The highest BCUT2D eigenvalue weighted by molar-refractivity contribution is 7.89. The molecule has 0 aliphatic heterocycles. The van der Waals surface area contributed by atoms with Crippen LogP contribution in [0.4, 0.5) is 5.69 Å². The Morgan fingerprint density at radius 3 is 1.95 bits per heavy atom. The van der Waals surface area contributed by atoms with E-state index in [1.54, 1.807) is 0 Å². The molecule has 0 amide bonds. The first kappa shape index (κ1) is 18.8. The number of hydrogen-bond acceptors (Lipinski definition) is 6. The quantitative estimate of drug-likeness (QED) is 0.478. The molecule has 0 unspecified atom stereocenters. The highest BCUT2D eigenvalue weighted by atomic mass is 35.5. The zero-order valence-electron chi connectivity index (χ0n) is 9.48. The number of nitrogens with zero attached hydrogens (tertiary/aromatic N) is 2. The van der Waals surface area contributed by atoms with E-state index in [0.717, 1.165) is 13.2 Å². The Morgan fingerprint density at radius 2 is 1.65 bits per heavy atom. The summed E-state index contributed by atoms with van der Waals surface area (Å²) in [6.45, 7) is 0. The molecule has 2 N–H and O–H groups in total. The summed E-state index contributed by atoms with van der Waals surface area (Å²) in [5.74, 6) is -0.380. The molecule has 0 aliphatic carbocycles. The first-order valence-electron chi connectivity index (χ1n) is 4.24. The van der Waals surface area contributed by atoms with Crippen molar-refractivity contribution in [1.82, 2.24) is 0 Å². The SMILES string of the molecule is COc1cc([N+]#N)c(S(=O)(=O)O)c(S(=O)(=O)O)c1Cl.[Cl-]. The monoisotopic (exact) mass is 364 g/mol. The predicted molar refractivity (Wildman–Crippen MR) is 62.4 cm³/mol. The topological polar surface area (TPSA) is 146 Å². The molecule has 1 aromatic carbocycles. The summed E-state index contributed by atoms with van der Waals surface area (Å²) in [5.41, 5.74) is -0.864. The molecule has 0 heterocycles. The third-order valence-corrected chi connectivity index (χ3v) is 4.44. The molecule has 0 bridgehead atoms. The first-order chi connectivity index (χ1) is 8.54. The maximum Gasteiger partial charge on any atom is 0.411 e. The van der Waals surface area contributed by atoms with Gasteiger partial charge in [0.15, 0.2) is 4.98 Å². The molecule has 20 heavy (non-hydrogen) atoms. The van der Waals surface area contributed by atoms with Crippen LogP contribution in [0.2, 0.25) is 5.02 Å². The van der Waals surface area contributed by atoms with E-state index in [0.29, 0.717) is 0 Å². The van der Waals surface area contributed by atoms with E-state index in [1.807, 2.05) is 0 Å². The lowest BCUT2D eigenvalue weighted by molar-refractivity contribution is -0.0000125. The molecule has 0 saturated heterocycles. The summed E-state index contributed by atoms with van der Waals surface area (Å²) in [7, 11) is -9.20. The molecule has 13 heteroatoms. The van der Waals surface area contributed by atoms with E-state index in [9.17, 15) is 16.8 Å². The van der Waals surface area contributed by atoms with Gasteiger partial charge in [-0.2, -0.15) is 16.8 Å². The number of hydrogen-bond donors (Lipinski definition) is 2. The van der Waals surface area contributed by atoms with Crippen LogP contribution in [0.5, 0.6) is 5.75 Å². The molecule has 0 aliphatic rings. The fraction of sp³-hybridized carbons (Fsp3) is 0.143. The summed E-state index contributed by atoms with van der Waals surface area (Å²) in [6, 6.07) is 0.764. The van der Waals surface area contributed by atoms with Crippen molar-refractivity contribution < 1.29 is 43.1 Å². The molecular formula is C7H6Cl2N2O7S2. The smallest absolute Gasteiger partial charge is 0.411 e. The number of benzene rings is 1. The highest BCUT2D eigenvalue weighted by Gasteiger charge is 2.38. The van der Waals surface area contributed by atoms with E-state index in [1.165, 1.54) is 0 Å². The van der Waals surface area contributed by atoms with Gasteiger partial charge in [0.1, 0.15) is 15.7 Å². The Hall–Kier alpha value is -1.16. The molecule has 1 rings (SSSR count). The van der Waals surface area contributed by atoms with Gasteiger partial charge in [-0.3, -0.25) is 9.11 Å². The maximum atomic E-state index is 11.2. The van der Waals surface area contributed by atoms with Gasteiger partial charge in [-0.05, 0) is 0 Å². The number of halogens is 2. The van der Waals surface area contributed by atoms with Gasteiger partial charge < -0.3 is 17.1 Å². The number of diazo groups is 1. The van der Waals surface area contributed by atoms with Crippen molar-refractivity contribution in [1.29, 1.82) is 5.39 Å². The Kier molecular flexibility index (Phi) is 5.73. The van der Waals surface area contributed by atoms with E-state index >= 15 is 0 Å². The van der Waals surface area contributed by atoms with Gasteiger partial charge in [0.2, 0.25) is 10.3 Å². The third-order valence-electron chi connectivity index (χ3n) is 1.97. The van der Waals surface area contributed by atoms with Gasteiger partial charge >= 0.3 is 15.8 Å². The molecular weight excluding hydrogens is 359 g/mol. The van der Waals surface area contributed by atoms with E-state index in [-0.39, 0.29) is 18.2 Å². The van der Waals surface area contributed by atoms with Crippen molar-refractivity contribution in [2.75, 3.05) is 7.11 Å². The second-order valence-electron chi connectivity index (χ2n) is 3.12. The summed E-state index contributed by atoms with van der Waals surface area (Å²) in [6.07, 6.45) is 0. The summed E-state index contributed by atoms with van der Waals surface area (Å²) < 4.78 is 67.2. The van der Waals surface area contributed by atoms with Crippen molar-refractivity contribution in [3.05, 3.63) is 16.1 Å². The van der Waals surface area contributed by atoms with E-state index in [4.69, 9.17) is 26.1 Å². The highest BCUT2D eigenvalue weighted by Crippen LogP contribution is 2.42. The van der Waals surface area contributed by atoms with Crippen molar-refractivity contribution in [2.45, 2.75) is 9.79 Å². The van der Waals surface area contributed by atoms with E-state index in [2.05, 4.69) is 9.71 Å². The minimum atomic E-state index is -5.14. The molecule has 0 saturated carbocycles. The van der Waals surface area contributed by atoms with Crippen LogP contribution in [0.15, 0.2) is 15.9 Å². The molecule has 1 aromatic rings. The second kappa shape index (κ2) is 6.08. The average molecular weight is 365 g/mol. The van der Waals surface area contributed by atoms with Crippen LogP contribution >= 0.6 is 11.6 Å². The Morgan fingerprint density at radius 1 is 1.20 bits per heavy atom. The number of rotatable bonds is 3. The Balaban J connectivity index is 0.00000361. The Bertz CT molecular complexity index is 782. The summed E-state index contributed by atoms with van der Waals surface area (Å²) in [4.78, 5) is -0.194. The minimum Gasteiger partial charge on any atom is -1.00 e. The van der Waals surface area contributed by atoms with Crippen molar-refractivity contribution in [2.24, 2.45) is 0 Å².